The maximum Gasteiger partial charge on any atom is 0.0895 e. The standard InChI is InChI=1S/C9H13NO/c1-7-5-10(3)6-9(7)4-8(2)11/h5-6,11H,2,4H2,1,3H3. The van der Waals surface area contributed by atoms with Crippen molar-refractivity contribution >= 4 is 0 Å². The Morgan fingerprint density at radius 3 is 2.64 bits per heavy atom. The molecule has 1 N–H and O–H groups in total. The molecule has 60 valence electrons. The minimum Gasteiger partial charge on any atom is -0.513 e. The summed E-state index contributed by atoms with van der Waals surface area (Å²) in [5.74, 6) is 0.222. The second-order valence-corrected chi connectivity index (χ2v) is 2.87. The van der Waals surface area contributed by atoms with Gasteiger partial charge in [-0.2, -0.15) is 0 Å². The number of nitrogens with zero attached hydrogens (tertiary/aromatic N) is 1. The van der Waals surface area contributed by atoms with Crippen molar-refractivity contribution in [1.82, 2.24) is 4.57 Å². The summed E-state index contributed by atoms with van der Waals surface area (Å²) in [4.78, 5) is 0. The summed E-state index contributed by atoms with van der Waals surface area (Å²) in [7, 11) is 1.97. The Labute approximate surface area is 66.8 Å². The molecule has 0 radical (unpaired) electrons. The molecule has 0 bridgehead atoms. The molecule has 1 rings (SSSR count). The summed E-state index contributed by atoms with van der Waals surface area (Å²) in [6.07, 6.45) is 4.58. The molecule has 0 spiro atoms. The van der Waals surface area contributed by atoms with Crippen molar-refractivity contribution in [2.45, 2.75) is 13.3 Å². The van der Waals surface area contributed by atoms with Gasteiger partial charge in [0.1, 0.15) is 0 Å². The van der Waals surface area contributed by atoms with E-state index in [-0.39, 0.29) is 5.76 Å². The molecule has 1 aromatic heterocycles. The first kappa shape index (κ1) is 7.92. The number of allylic oxidation sites excluding steroid dienone is 1. The summed E-state index contributed by atoms with van der Waals surface area (Å²) < 4.78 is 1.98. The molecule has 0 saturated heterocycles. The lowest BCUT2D eigenvalue weighted by Crippen LogP contribution is -1.87. The van der Waals surface area contributed by atoms with Crippen molar-refractivity contribution in [2.75, 3.05) is 0 Å². The van der Waals surface area contributed by atoms with Crippen LogP contribution < -0.4 is 0 Å². The molecule has 1 aromatic rings. The molecule has 0 amide bonds. The van der Waals surface area contributed by atoms with E-state index in [1.54, 1.807) is 0 Å². The fraction of sp³-hybridized carbons (Fsp3) is 0.333. The fourth-order valence-corrected chi connectivity index (χ4v) is 1.18. The predicted molar refractivity (Wildman–Crippen MR) is 45.6 cm³/mol. The summed E-state index contributed by atoms with van der Waals surface area (Å²) in [5.41, 5.74) is 2.34. The SMILES string of the molecule is C=C(O)Cc1cn(C)cc1C. The molecule has 0 saturated carbocycles. The van der Waals surface area contributed by atoms with Crippen LogP contribution in [0.4, 0.5) is 0 Å². The number of aryl methyl sites for hydroxylation is 2. The molecule has 11 heavy (non-hydrogen) atoms. The molecule has 2 nitrogen and oxygen atoms in total. The van der Waals surface area contributed by atoms with E-state index < -0.39 is 0 Å². The van der Waals surface area contributed by atoms with Gasteiger partial charge in [0.15, 0.2) is 0 Å². The predicted octanol–water partition coefficient (Wildman–Crippen LogP) is 1.95. The molecular formula is C9H13NO. The second-order valence-electron chi connectivity index (χ2n) is 2.87. The molecular weight excluding hydrogens is 138 g/mol. The molecule has 0 aromatic carbocycles. The molecule has 0 unspecified atom stereocenters. The Morgan fingerprint density at radius 2 is 2.27 bits per heavy atom. The van der Waals surface area contributed by atoms with Crippen LogP contribution in [0.25, 0.3) is 0 Å². The van der Waals surface area contributed by atoms with E-state index in [1.165, 1.54) is 5.56 Å². The van der Waals surface area contributed by atoms with Crippen LogP contribution in [0.1, 0.15) is 11.1 Å². The van der Waals surface area contributed by atoms with Gasteiger partial charge >= 0.3 is 0 Å². The molecule has 1 heterocycles. The first-order valence-corrected chi connectivity index (χ1v) is 3.58. The zero-order valence-corrected chi connectivity index (χ0v) is 6.96. The number of aromatic nitrogens is 1. The van der Waals surface area contributed by atoms with Crippen molar-refractivity contribution in [3.8, 4) is 0 Å². The first-order valence-electron chi connectivity index (χ1n) is 3.58. The van der Waals surface area contributed by atoms with Crippen LogP contribution in [0.15, 0.2) is 24.7 Å². The van der Waals surface area contributed by atoms with Crippen LogP contribution in [0, 0.1) is 6.92 Å². The minimum atomic E-state index is 0.222. The molecule has 0 fully saturated rings. The lowest BCUT2D eigenvalue weighted by Gasteiger charge is -1.95. The monoisotopic (exact) mass is 151 g/mol. The maximum absolute atomic E-state index is 8.94. The van der Waals surface area contributed by atoms with Crippen LogP contribution in [0.5, 0.6) is 0 Å². The number of hydrogen-bond donors (Lipinski definition) is 1. The van der Waals surface area contributed by atoms with Gasteiger partial charge in [0.05, 0.1) is 5.76 Å². The van der Waals surface area contributed by atoms with Crippen LogP contribution in [0.2, 0.25) is 0 Å². The van der Waals surface area contributed by atoms with E-state index in [9.17, 15) is 0 Å². The Bertz CT molecular complexity index is 273. The highest BCUT2D eigenvalue weighted by Crippen LogP contribution is 2.11. The third kappa shape index (κ3) is 1.87. The first-order chi connectivity index (χ1) is 5.09. The Balaban J connectivity index is 2.85. The Morgan fingerprint density at radius 1 is 1.64 bits per heavy atom. The van der Waals surface area contributed by atoms with E-state index in [0.29, 0.717) is 6.42 Å². The van der Waals surface area contributed by atoms with E-state index >= 15 is 0 Å². The molecule has 0 aliphatic rings. The van der Waals surface area contributed by atoms with Crippen molar-refractivity contribution in [3.63, 3.8) is 0 Å². The fourth-order valence-electron chi connectivity index (χ4n) is 1.18. The highest BCUT2D eigenvalue weighted by Gasteiger charge is 2.01. The lowest BCUT2D eigenvalue weighted by molar-refractivity contribution is 0.401. The maximum atomic E-state index is 8.94. The highest BCUT2D eigenvalue weighted by atomic mass is 16.3. The number of aliphatic hydroxyl groups is 1. The van der Waals surface area contributed by atoms with Crippen LogP contribution in [-0.2, 0) is 13.5 Å². The summed E-state index contributed by atoms with van der Waals surface area (Å²) >= 11 is 0. The van der Waals surface area contributed by atoms with Gasteiger partial charge in [-0.1, -0.05) is 6.58 Å². The van der Waals surface area contributed by atoms with Crippen molar-refractivity contribution < 1.29 is 5.11 Å². The summed E-state index contributed by atoms with van der Waals surface area (Å²) in [6.45, 7) is 5.47. The van der Waals surface area contributed by atoms with E-state index in [4.69, 9.17) is 5.11 Å². The van der Waals surface area contributed by atoms with Gasteiger partial charge in [-0.3, -0.25) is 0 Å². The van der Waals surface area contributed by atoms with E-state index in [0.717, 1.165) is 5.56 Å². The van der Waals surface area contributed by atoms with Gasteiger partial charge in [-0.05, 0) is 18.1 Å². The van der Waals surface area contributed by atoms with Gasteiger partial charge in [0.2, 0.25) is 0 Å². The van der Waals surface area contributed by atoms with Gasteiger partial charge in [0.25, 0.3) is 0 Å². The molecule has 0 aliphatic carbocycles. The highest BCUT2D eigenvalue weighted by molar-refractivity contribution is 5.25. The van der Waals surface area contributed by atoms with Crippen LogP contribution in [0.3, 0.4) is 0 Å². The zero-order chi connectivity index (χ0) is 8.43. The quantitative estimate of drug-likeness (QED) is 0.642. The normalized spacial score (nSPS) is 10.0. The number of rotatable bonds is 2. The minimum absolute atomic E-state index is 0.222. The van der Waals surface area contributed by atoms with Crippen molar-refractivity contribution in [3.05, 3.63) is 35.9 Å². The van der Waals surface area contributed by atoms with Crippen molar-refractivity contribution in [1.29, 1.82) is 0 Å². The lowest BCUT2D eigenvalue weighted by atomic mass is 10.1. The third-order valence-corrected chi connectivity index (χ3v) is 1.66. The van der Waals surface area contributed by atoms with Gasteiger partial charge in [0, 0.05) is 25.9 Å². The average Bonchev–Trinajstić information content (AvgIpc) is 2.09. The topological polar surface area (TPSA) is 25.2 Å². The number of hydrogen-bond acceptors (Lipinski definition) is 1. The Kier molecular flexibility index (Phi) is 2.03. The smallest absolute Gasteiger partial charge is 0.0895 e. The van der Waals surface area contributed by atoms with Crippen molar-refractivity contribution in [2.24, 2.45) is 7.05 Å². The Hall–Kier alpha value is -1.18. The largest absolute Gasteiger partial charge is 0.513 e. The van der Waals surface area contributed by atoms with E-state index in [2.05, 4.69) is 6.58 Å². The van der Waals surface area contributed by atoms with Gasteiger partial charge in [-0.25, -0.2) is 0 Å². The second kappa shape index (κ2) is 2.82. The van der Waals surface area contributed by atoms with Gasteiger partial charge in [-0.15, -0.1) is 0 Å². The molecule has 0 aliphatic heterocycles. The number of aliphatic hydroxyl groups excluding tert-OH is 1. The van der Waals surface area contributed by atoms with Gasteiger partial charge < -0.3 is 9.67 Å². The molecule has 2 heteroatoms. The average molecular weight is 151 g/mol. The third-order valence-electron chi connectivity index (χ3n) is 1.66. The summed E-state index contributed by atoms with van der Waals surface area (Å²) in [5, 5.41) is 8.94. The molecule has 0 atom stereocenters. The zero-order valence-electron chi connectivity index (χ0n) is 6.96. The summed E-state index contributed by atoms with van der Waals surface area (Å²) in [6, 6.07) is 0. The van der Waals surface area contributed by atoms with E-state index in [1.807, 2.05) is 30.9 Å². The van der Waals surface area contributed by atoms with Crippen LogP contribution >= 0.6 is 0 Å². The van der Waals surface area contributed by atoms with Crippen LogP contribution in [-0.4, -0.2) is 9.67 Å².